The van der Waals surface area contributed by atoms with Crippen molar-refractivity contribution in [3.63, 3.8) is 0 Å². The summed E-state index contributed by atoms with van der Waals surface area (Å²) in [5.74, 6) is -0.419. The summed E-state index contributed by atoms with van der Waals surface area (Å²) < 4.78 is 22.0. The first-order valence-corrected chi connectivity index (χ1v) is 22.9. The molecule has 304 valence electrons. The average molecular weight is 747 g/mol. The normalized spacial score (nSPS) is 14.9. The van der Waals surface area contributed by atoms with E-state index in [0.29, 0.717) is 12.8 Å². The summed E-state index contributed by atoms with van der Waals surface area (Å²) in [6.07, 6.45) is 37.1. The Morgan fingerprint density at radius 2 is 1.06 bits per heavy atom. The first-order valence-electron chi connectivity index (χ1n) is 21.4. The Kier molecular flexibility index (Phi) is 36.9. The van der Waals surface area contributed by atoms with E-state index >= 15 is 0 Å². The van der Waals surface area contributed by atoms with Gasteiger partial charge in [0.1, 0.15) is 0 Å². The van der Waals surface area contributed by atoms with Crippen molar-refractivity contribution >= 4 is 13.7 Å². The molecule has 0 aliphatic carbocycles. The second-order valence-electron chi connectivity index (χ2n) is 14.7. The molecule has 1 amide bonds. The third-order valence-electron chi connectivity index (χ3n) is 9.67. The van der Waals surface area contributed by atoms with Crippen LogP contribution >= 0.6 is 7.82 Å². The Balaban J connectivity index is 4.10. The molecule has 4 atom stereocenters. The number of phosphoric acid groups is 1. The van der Waals surface area contributed by atoms with Gasteiger partial charge in [-0.25, -0.2) is 4.57 Å². The largest absolute Gasteiger partial charge is 0.472 e. The van der Waals surface area contributed by atoms with Crippen molar-refractivity contribution in [1.29, 1.82) is 0 Å². The van der Waals surface area contributed by atoms with Crippen LogP contribution in [0, 0.1) is 0 Å². The number of aliphatic hydroxyl groups is 2. The number of hydrogen-bond acceptors (Lipinski definition) is 7. The van der Waals surface area contributed by atoms with E-state index in [1.807, 2.05) is 0 Å². The van der Waals surface area contributed by atoms with E-state index in [9.17, 15) is 24.5 Å². The number of hydrogen-bond donors (Lipinski definition) is 5. The van der Waals surface area contributed by atoms with E-state index in [4.69, 9.17) is 14.8 Å². The molecule has 9 nitrogen and oxygen atoms in total. The van der Waals surface area contributed by atoms with Crippen molar-refractivity contribution in [3.05, 3.63) is 12.2 Å². The second kappa shape index (κ2) is 37.5. The molecule has 0 aromatic heterocycles. The second-order valence-corrected chi connectivity index (χ2v) is 16.2. The lowest BCUT2D eigenvalue weighted by molar-refractivity contribution is -0.125. The lowest BCUT2D eigenvalue weighted by Crippen LogP contribution is -2.47. The molecule has 51 heavy (non-hydrogen) atoms. The number of phosphoric ester groups is 1. The van der Waals surface area contributed by atoms with Gasteiger partial charge in [0.15, 0.2) is 0 Å². The molecule has 0 fully saturated rings. The van der Waals surface area contributed by atoms with Gasteiger partial charge in [0, 0.05) is 6.54 Å². The summed E-state index contributed by atoms with van der Waals surface area (Å²) in [6, 6.07) is -0.894. The highest BCUT2D eigenvalue weighted by molar-refractivity contribution is 7.47. The van der Waals surface area contributed by atoms with Crippen LogP contribution in [0.4, 0.5) is 0 Å². The molecule has 0 spiro atoms. The maximum Gasteiger partial charge on any atom is 0.472 e. The van der Waals surface area contributed by atoms with E-state index in [2.05, 4.69) is 31.3 Å². The number of unbranched alkanes of at least 4 members (excludes halogenated alkanes) is 24. The van der Waals surface area contributed by atoms with Crippen molar-refractivity contribution in [3.8, 4) is 0 Å². The van der Waals surface area contributed by atoms with Crippen LogP contribution in [0.2, 0.25) is 0 Å². The number of rotatable bonds is 40. The van der Waals surface area contributed by atoms with E-state index in [1.54, 1.807) is 0 Å². The smallest absolute Gasteiger partial charge is 0.393 e. The first kappa shape index (κ1) is 50.2. The number of carbonyl (C=O) groups excluding carboxylic acids is 1. The molecule has 10 heteroatoms. The van der Waals surface area contributed by atoms with Crippen LogP contribution < -0.4 is 11.1 Å². The van der Waals surface area contributed by atoms with Gasteiger partial charge in [0.2, 0.25) is 5.91 Å². The highest BCUT2D eigenvalue weighted by Crippen LogP contribution is 2.43. The molecule has 0 saturated heterocycles. The minimum absolute atomic E-state index is 0.0595. The quantitative estimate of drug-likeness (QED) is 0.0236. The van der Waals surface area contributed by atoms with Gasteiger partial charge >= 0.3 is 7.82 Å². The lowest BCUT2D eigenvalue weighted by Gasteiger charge is -2.25. The third-order valence-corrected chi connectivity index (χ3v) is 10.7. The van der Waals surface area contributed by atoms with Gasteiger partial charge < -0.3 is 26.2 Å². The Labute approximate surface area is 314 Å². The minimum Gasteiger partial charge on any atom is -0.393 e. The molecule has 6 N–H and O–H groups in total. The summed E-state index contributed by atoms with van der Waals surface area (Å²) in [6.45, 7) is 4.01. The van der Waals surface area contributed by atoms with E-state index in [-0.39, 0.29) is 26.2 Å². The van der Waals surface area contributed by atoms with Crippen molar-refractivity contribution < 1.29 is 33.5 Å². The van der Waals surface area contributed by atoms with Crippen molar-refractivity contribution in [2.24, 2.45) is 5.73 Å². The van der Waals surface area contributed by atoms with E-state index < -0.39 is 32.0 Å². The van der Waals surface area contributed by atoms with Crippen LogP contribution in [0.3, 0.4) is 0 Å². The fourth-order valence-electron chi connectivity index (χ4n) is 6.41. The van der Waals surface area contributed by atoms with Gasteiger partial charge in [-0.2, -0.15) is 0 Å². The number of nitrogens with two attached hydrogens (primary N) is 1. The Hall–Kier alpha value is -0.800. The molecule has 0 radical (unpaired) electrons. The van der Waals surface area contributed by atoms with Crippen LogP contribution in [0.5, 0.6) is 0 Å². The van der Waals surface area contributed by atoms with Crippen LogP contribution in [0.15, 0.2) is 12.2 Å². The standard InChI is InChI=1S/C41H83N2O7P/c1-3-5-7-9-11-13-14-15-16-17-18-19-20-21-22-23-24-25-26-28-30-32-38(44)36-41(46)43-39(37-50-51(47,48)49-35-34-42)40(45)33-31-29-27-12-10-8-6-4-2/h21-22,38-40,44-45H,3-20,23-37,42H2,1-2H3,(H,43,46)(H,47,48)/b22-21-. The number of amides is 1. The summed E-state index contributed by atoms with van der Waals surface area (Å²) >= 11 is 0. The Morgan fingerprint density at radius 1 is 0.647 bits per heavy atom. The van der Waals surface area contributed by atoms with Crippen LogP contribution in [0.25, 0.3) is 0 Å². The minimum atomic E-state index is -4.36. The SMILES string of the molecule is CCCCCCCCCCCCCC/C=C\CCCCCCCC(O)CC(=O)NC(COP(=O)(O)OCCN)C(O)CCCCCCCCCC. The molecule has 0 saturated carbocycles. The Bertz CT molecular complexity index is 832. The molecule has 0 rings (SSSR count). The zero-order valence-corrected chi connectivity index (χ0v) is 34.1. The van der Waals surface area contributed by atoms with Crippen molar-refractivity contribution in [1.82, 2.24) is 5.32 Å². The van der Waals surface area contributed by atoms with Crippen LogP contribution in [-0.4, -0.2) is 59.0 Å². The maximum absolute atomic E-state index is 12.8. The number of nitrogens with one attached hydrogen (secondary N) is 1. The molecular formula is C41H83N2O7P. The van der Waals surface area contributed by atoms with Crippen LogP contribution in [0.1, 0.15) is 206 Å². The maximum atomic E-state index is 12.8. The summed E-state index contributed by atoms with van der Waals surface area (Å²) in [4.78, 5) is 22.7. The van der Waals surface area contributed by atoms with E-state index in [1.165, 1.54) is 128 Å². The van der Waals surface area contributed by atoms with Crippen molar-refractivity contribution in [2.45, 2.75) is 225 Å². The number of aliphatic hydroxyl groups excluding tert-OH is 2. The van der Waals surface area contributed by atoms with Crippen LogP contribution in [-0.2, 0) is 18.4 Å². The summed E-state index contributed by atoms with van der Waals surface area (Å²) in [5, 5.41) is 24.0. The zero-order valence-electron chi connectivity index (χ0n) is 33.2. The molecule has 0 aromatic carbocycles. The predicted octanol–water partition coefficient (Wildman–Crippen LogP) is 10.6. The monoisotopic (exact) mass is 747 g/mol. The van der Waals surface area contributed by atoms with Gasteiger partial charge in [-0.1, -0.05) is 174 Å². The molecule has 0 bridgehead atoms. The lowest BCUT2D eigenvalue weighted by atomic mass is 10.0. The van der Waals surface area contributed by atoms with Gasteiger partial charge in [-0.15, -0.1) is 0 Å². The first-order chi connectivity index (χ1) is 24.8. The average Bonchev–Trinajstić information content (AvgIpc) is 3.10. The Morgan fingerprint density at radius 3 is 1.51 bits per heavy atom. The topological polar surface area (TPSA) is 151 Å². The summed E-state index contributed by atoms with van der Waals surface area (Å²) in [7, 11) is -4.36. The fraction of sp³-hybridized carbons (Fsp3) is 0.927. The van der Waals surface area contributed by atoms with Gasteiger partial charge in [-0.3, -0.25) is 13.8 Å². The number of allylic oxidation sites excluding steroid dienone is 2. The molecule has 0 aromatic rings. The highest BCUT2D eigenvalue weighted by Gasteiger charge is 2.28. The van der Waals surface area contributed by atoms with Gasteiger partial charge in [-0.05, 0) is 38.5 Å². The zero-order chi connectivity index (χ0) is 37.7. The number of carbonyl (C=O) groups is 1. The molecular weight excluding hydrogens is 663 g/mol. The highest BCUT2D eigenvalue weighted by atomic mass is 31.2. The molecule has 0 heterocycles. The fourth-order valence-corrected chi connectivity index (χ4v) is 7.17. The molecule has 4 unspecified atom stereocenters. The van der Waals surface area contributed by atoms with E-state index in [0.717, 1.165) is 44.9 Å². The molecule has 0 aliphatic rings. The summed E-state index contributed by atoms with van der Waals surface area (Å²) in [5.41, 5.74) is 5.35. The predicted molar refractivity (Wildman–Crippen MR) is 214 cm³/mol. The van der Waals surface area contributed by atoms with Gasteiger partial charge in [0.05, 0.1) is 37.9 Å². The van der Waals surface area contributed by atoms with Gasteiger partial charge in [0.25, 0.3) is 0 Å². The van der Waals surface area contributed by atoms with Crippen molar-refractivity contribution in [2.75, 3.05) is 19.8 Å². The molecule has 0 aliphatic heterocycles. The third kappa shape index (κ3) is 36.0.